The van der Waals surface area contributed by atoms with Crippen LogP contribution < -0.4 is 14.8 Å². The van der Waals surface area contributed by atoms with Crippen LogP contribution in [0.4, 0.5) is 43.9 Å². The van der Waals surface area contributed by atoms with Gasteiger partial charge < -0.3 is 19.9 Å². The largest absolute Gasteiger partial charge is 0.508 e. The summed E-state index contributed by atoms with van der Waals surface area (Å²) in [6.45, 7) is 3.09. The maximum absolute atomic E-state index is 15.1. The van der Waals surface area contributed by atoms with Crippen molar-refractivity contribution < 1.29 is 63.3 Å². The van der Waals surface area contributed by atoms with E-state index in [0.29, 0.717) is 30.3 Å². The van der Waals surface area contributed by atoms with Crippen LogP contribution in [0.1, 0.15) is 46.5 Å². The fraction of sp³-hybridized carbons (Fsp3) is 0.242. The van der Waals surface area contributed by atoms with E-state index in [-0.39, 0.29) is 22.9 Å². The van der Waals surface area contributed by atoms with Gasteiger partial charge in [0.25, 0.3) is 5.91 Å². The number of phenols is 1. The van der Waals surface area contributed by atoms with Gasteiger partial charge in [-0.05, 0) is 85.1 Å². The van der Waals surface area contributed by atoms with E-state index >= 15 is 4.39 Å². The van der Waals surface area contributed by atoms with Gasteiger partial charge in [-0.15, -0.1) is 0 Å². The molecule has 4 rings (SSSR count). The van der Waals surface area contributed by atoms with Crippen LogP contribution in [0, 0.1) is 17.5 Å². The molecule has 48 heavy (non-hydrogen) atoms. The number of halogens is 10. The Hall–Kier alpha value is -4.95. The molecular weight excluding hydrogens is 664 g/mol. The van der Waals surface area contributed by atoms with Crippen molar-refractivity contribution in [3.63, 3.8) is 0 Å². The molecule has 0 bridgehead atoms. The molecule has 0 aliphatic carbocycles. The van der Waals surface area contributed by atoms with Crippen LogP contribution in [0.2, 0.25) is 0 Å². The number of rotatable bonds is 11. The van der Waals surface area contributed by atoms with E-state index in [4.69, 9.17) is 4.74 Å². The second kappa shape index (κ2) is 13.6. The predicted octanol–water partition coefficient (Wildman–Crippen LogP) is 8.77. The summed E-state index contributed by atoms with van der Waals surface area (Å²) in [5, 5.41) is 12.3. The number of amides is 1. The van der Waals surface area contributed by atoms with Crippen LogP contribution in [-0.2, 0) is 18.1 Å². The zero-order valence-corrected chi connectivity index (χ0v) is 24.8. The first-order valence-corrected chi connectivity index (χ1v) is 13.9. The van der Waals surface area contributed by atoms with E-state index < -0.39 is 88.3 Å². The molecule has 0 saturated carbocycles. The average Bonchev–Trinajstić information content (AvgIpc) is 2.97. The number of ether oxygens (including phenoxy) is 2. The smallest absolute Gasteiger partial charge is 0.461 e. The monoisotopic (exact) mass is 689 g/mol. The molecule has 0 aliphatic heterocycles. The van der Waals surface area contributed by atoms with Crippen molar-refractivity contribution >= 4 is 5.91 Å². The van der Waals surface area contributed by atoms with Gasteiger partial charge in [0.1, 0.15) is 23.1 Å². The van der Waals surface area contributed by atoms with E-state index in [1.807, 2.05) is 0 Å². The summed E-state index contributed by atoms with van der Waals surface area (Å²) in [7, 11) is 0. The number of nitrogens with one attached hydrogen (secondary N) is 1. The van der Waals surface area contributed by atoms with Crippen molar-refractivity contribution in [3.8, 4) is 17.2 Å². The summed E-state index contributed by atoms with van der Waals surface area (Å²) < 4.78 is 148. The van der Waals surface area contributed by atoms with Gasteiger partial charge in [0.15, 0.2) is 11.6 Å². The van der Waals surface area contributed by atoms with E-state index in [1.54, 1.807) is 13.8 Å². The van der Waals surface area contributed by atoms with E-state index in [9.17, 15) is 49.4 Å². The SMILES string of the molecule is CC(C)Oc1cc(C(Cc2ccc(O)cc2)(NC(=O)c2ccc(F)c(C(F)(F)F)c2)c2cc(F)cc(OC(F)(F)C(F)F)c2)ccc1F. The fourth-order valence-electron chi connectivity index (χ4n) is 4.81. The minimum absolute atomic E-state index is 0.156. The molecule has 15 heteroatoms. The quantitative estimate of drug-likeness (QED) is 0.155. The maximum atomic E-state index is 15.1. The van der Waals surface area contributed by atoms with Gasteiger partial charge in [0.2, 0.25) is 0 Å². The average molecular weight is 690 g/mol. The first kappa shape index (κ1) is 35.9. The standard InChI is InChI=1S/C33H25F10NO4/c1-17(2)47-28-14-20(6-10-27(28)36)31(16-18-3-7-23(45)8-4-18,21-12-22(34)15-24(13-21)48-33(42,43)30(37)38)44-29(46)19-5-9-26(35)25(11-19)32(39,40)41/h3-15,17,30,45H,16H2,1-2H3,(H,44,46). The van der Waals surface area contributed by atoms with E-state index in [2.05, 4.69) is 10.1 Å². The van der Waals surface area contributed by atoms with Crippen molar-refractivity contribution in [2.45, 2.75) is 50.6 Å². The molecule has 1 atom stereocenters. The summed E-state index contributed by atoms with van der Waals surface area (Å²) in [5.41, 5.74) is -5.23. The number of carbonyl (C=O) groups excluding carboxylic acids is 1. The second-order valence-electron chi connectivity index (χ2n) is 10.8. The Bertz CT molecular complexity index is 1780. The zero-order valence-electron chi connectivity index (χ0n) is 24.8. The van der Waals surface area contributed by atoms with Gasteiger partial charge in [0.05, 0.1) is 17.2 Å². The fourth-order valence-corrected chi connectivity index (χ4v) is 4.81. The van der Waals surface area contributed by atoms with Crippen LogP contribution in [0.25, 0.3) is 0 Å². The summed E-state index contributed by atoms with van der Waals surface area (Å²) in [5.74, 6) is -7.05. The molecular formula is C33H25F10NO4. The third-order valence-electron chi connectivity index (χ3n) is 6.93. The van der Waals surface area contributed by atoms with Crippen molar-refractivity contribution in [1.29, 1.82) is 0 Å². The Kier molecular flexibility index (Phi) is 10.2. The van der Waals surface area contributed by atoms with Gasteiger partial charge in [-0.1, -0.05) is 18.2 Å². The molecule has 0 saturated heterocycles. The van der Waals surface area contributed by atoms with Crippen LogP contribution in [0.15, 0.2) is 78.9 Å². The number of benzene rings is 4. The Morgan fingerprint density at radius 2 is 1.46 bits per heavy atom. The van der Waals surface area contributed by atoms with Gasteiger partial charge >= 0.3 is 18.7 Å². The highest BCUT2D eigenvalue weighted by Crippen LogP contribution is 2.40. The summed E-state index contributed by atoms with van der Waals surface area (Å²) in [4.78, 5) is 13.8. The van der Waals surface area contributed by atoms with Crippen molar-refractivity contribution in [3.05, 3.63) is 124 Å². The van der Waals surface area contributed by atoms with Crippen molar-refractivity contribution in [2.24, 2.45) is 0 Å². The molecule has 5 nitrogen and oxygen atoms in total. The van der Waals surface area contributed by atoms with Crippen molar-refractivity contribution in [2.75, 3.05) is 0 Å². The van der Waals surface area contributed by atoms with Gasteiger partial charge in [0, 0.05) is 18.1 Å². The van der Waals surface area contributed by atoms with Gasteiger partial charge in [-0.25, -0.2) is 13.2 Å². The first-order chi connectivity index (χ1) is 22.3. The number of carbonyl (C=O) groups is 1. The van der Waals surface area contributed by atoms with E-state index in [0.717, 1.165) is 18.2 Å². The number of alkyl halides is 7. The molecule has 0 spiro atoms. The lowest BCUT2D eigenvalue weighted by Gasteiger charge is -2.37. The number of phenolic OH excluding ortho intramolecular Hbond substituents is 1. The Morgan fingerprint density at radius 1 is 0.812 bits per heavy atom. The third kappa shape index (κ3) is 8.12. The molecule has 4 aromatic rings. The zero-order chi connectivity index (χ0) is 35.6. The molecule has 2 N–H and O–H groups in total. The highest BCUT2D eigenvalue weighted by molar-refractivity contribution is 5.95. The minimum Gasteiger partial charge on any atom is -0.508 e. The van der Waals surface area contributed by atoms with Gasteiger partial charge in [-0.3, -0.25) is 4.79 Å². The highest BCUT2D eigenvalue weighted by Gasteiger charge is 2.45. The number of hydrogen-bond donors (Lipinski definition) is 2. The lowest BCUT2D eigenvalue weighted by molar-refractivity contribution is -0.253. The molecule has 256 valence electrons. The second-order valence-corrected chi connectivity index (χ2v) is 10.8. The van der Waals surface area contributed by atoms with Crippen LogP contribution in [0.5, 0.6) is 17.2 Å². The molecule has 0 heterocycles. The normalized spacial score (nSPS) is 13.4. The number of aromatic hydroxyl groups is 1. The molecule has 0 aromatic heterocycles. The van der Waals surface area contributed by atoms with Crippen molar-refractivity contribution in [1.82, 2.24) is 5.32 Å². The van der Waals surface area contributed by atoms with Crippen LogP contribution in [0.3, 0.4) is 0 Å². The van der Waals surface area contributed by atoms with Gasteiger partial charge in [-0.2, -0.15) is 30.7 Å². The summed E-state index contributed by atoms with van der Waals surface area (Å²) in [6, 6.07) is 11.1. The molecule has 0 radical (unpaired) electrons. The topological polar surface area (TPSA) is 67.8 Å². The lowest BCUT2D eigenvalue weighted by Crippen LogP contribution is -2.49. The predicted molar refractivity (Wildman–Crippen MR) is 152 cm³/mol. The Labute approximate surface area is 266 Å². The Morgan fingerprint density at radius 3 is 2.06 bits per heavy atom. The lowest BCUT2D eigenvalue weighted by atomic mass is 9.77. The molecule has 0 fully saturated rings. The molecule has 0 aliphatic rings. The third-order valence-corrected chi connectivity index (χ3v) is 6.93. The van der Waals surface area contributed by atoms with E-state index in [1.165, 1.54) is 24.3 Å². The van der Waals surface area contributed by atoms with Crippen LogP contribution >= 0.6 is 0 Å². The first-order valence-electron chi connectivity index (χ1n) is 13.9. The summed E-state index contributed by atoms with van der Waals surface area (Å²) in [6.07, 6.45) is -15.8. The van der Waals surface area contributed by atoms with Crippen LogP contribution in [-0.4, -0.2) is 29.7 Å². The maximum Gasteiger partial charge on any atom is 0.461 e. The Balaban J connectivity index is 2.03. The highest BCUT2D eigenvalue weighted by atomic mass is 19.4. The number of hydrogen-bond acceptors (Lipinski definition) is 4. The molecule has 1 unspecified atom stereocenters. The summed E-state index contributed by atoms with van der Waals surface area (Å²) >= 11 is 0. The minimum atomic E-state index is -5.23. The molecule has 1 amide bonds. The molecule has 4 aromatic carbocycles.